The van der Waals surface area contributed by atoms with Crippen molar-refractivity contribution in [3.8, 4) is 0 Å². The van der Waals surface area contributed by atoms with Crippen LogP contribution in [-0.2, 0) is 25.0 Å². The molecule has 3 unspecified atom stereocenters. The summed E-state index contributed by atoms with van der Waals surface area (Å²) in [5.74, 6) is 0. The average Bonchev–Trinajstić information content (AvgIpc) is 3.87. The maximum atomic E-state index is 5.79. The van der Waals surface area contributed by atoms with E-state index < -0.39 is 0 Å². The number of hydrogen-bond donors (Lipinski definition) is 0. The summed E-state index contributed by atoms with van der Waals surface area (Å²) in [5, 5.41) is 0. The second-order valence-corrected chi connectivity index (χ2v) is 13.2. The van der Waals surface area contributed by atoms with E-state index in [0.717, 1.165) is 25.5 Å². The standard InChI is InChI=1S/C34H42N2O3/c1-30(2,26-13-17-28(18-14-26)35(8)32(5)21-37-32)24-9-11-25(12-10-24)31(3,4)27-15-19-29(20-16-27)36(33(6)22-38-33)34(7)23-39-34/h9-20H,21-23H2,1-8H3. The molecule has 3 fully saturated rings. The molecule has 0 radical (unpaired) electrons. The first-order chi connectivity index (χ1) is 18.3. The third kappa shape index (κ3) is 4.55. The van der Waals surface area contributed by atoms with E-state index in [4.69, 9.17) is 14.2 Å². The average molecular weight is 527 g/mol. The summed E-state index contributed by atoms with van der Waals surface area (Å²) < 4.78 is 17.2. The predicted octanol–water partition coefficient (Wildman–Crippen LogP) is 6.82. The highest BCUT2D eigenvalue weighted by Crippen LogP contribution is 2.46. The topological polar surface area (TPSA) is 44.1 Å². The molecule has 6 rings (SSSR count). The Labute approximate surface area is 233 Å². The zero-order valence-electron chi connectivity index (χ0n) is 24.7. The van der Waals surface area contributed by atoms with Crippen LogP contribution in [0.25, 0.3) is 0 Å². The van der Waals surface area contributed by atoms with Crippen molar-refractivity contribution < 1.29 is 14.2 Å². The van der Waals surface area contributed by atoms with Crippen molar-refractivity contribution in [2.45, 2.75) is 76.5 Å². The number of anilines is 2. The van der Waals surface area contributed by atoms with E-state index in [2.05, 4.69) is 138 Å². The number of likely N-dealkylation sites (N-methyl/N-ethyl adjacent to an activating group) is 1. The van der Waals surface area contributed by atoms with Crippen molar-refractivity contribution in [3.05, 3.63) is 95.1 Å². The van der Waals surface area contributed by atoms with Crippen LogP contribution in [0.4, 0.5) is 11.4 Å². The first-order valence-electron chi connectivity index (χ1n) is 14.1. The maximum absolute atomic E-state index is 5.79. The third-order valence-corrected chi connectivity index (χ3v) is 9.49. The highest BCUT2D eigenvalue weighted by molar-refractivity contribution is 5.56. The molecule has 3 aliphatic rings. The molecule has 5 nitrogen and oxygen atoms in total. The first kappa shape index (κ1) is 26.4. The van der Waals surface area contributed by atoms with Gasteiger partial charge in [0, 0.05) is 29.3 Å². The summed E-state index contributed by atoms with van der Waals surface area (Å²) in [5.41, 5.74) is 6.58. The second kappa shape index (κ2) is 8.57. The fourth-order valence-corrected chi connectivity index (χ4v) is 5.85. The molecule has 3 aromatic rings. The molecule has 0 amide bonds. The highest BCUT2D eigenvalue weighted by Gasteiger charge is 2.58. The van der Waals surface area contributed by atoms with Gasteiger partial charge in [0.05, 0.1) is 19.8 Å². The lowest BCUT2D eigenvalue weighted by atomic mass is 9.74. The van der Waals surface area contributed by atoms with E-state index in [1.165, 1.54) is 27.9 Å². The van der Waals surface area contributed by atoms with Crippen molar-refractivity contribution in [1.82, 2.24) is 0 Å². The van der Waals surface area contributed by atoms with Gasteiger partial charge in [0.15, 0.2) is 17.2 Å². The number of nitrogens with zero attached hydrogens (tertiary/aromatic N) is 2. The summed E-state index contributed by atoms with van der Waals surface area (Å²) >= 11 is 0. The van der Waals surface area contributed by atoms with Gasteiger partial charge >= 0.3 is 0 Å². The molecule has 3 saturated heterocycles. The van der Waals surface area contributed by atoms with E-state index in [-0.39, 0.29) is 28.0 Å². The molecular formula is C34H42N2O3. The molecule has 0 spiro atoms. The van der Waals surface area contributed by atoms with Gasteiger partial charge in [-0.05, 0) is 67.3 Å². The van der Waals surface area contributed by atoms with Crippen molar-refractivity contribution >= 4 is 11.4 Å². The number of hydrogen-bond acceptors (Lipinski definition) is 5. The molecule has 5 heteroatoms. The van der Waals surface area contributed by atoms with Crippen LogP contribution in [0.1, 0.15) is 70.7 Å². The lowest BCUT2D eigenvalue weighted by Crippen LogP contribution is -2.46. The summed E-state index contributed by atoms with van der Waals surface area (Å²) in [7, 11) is 2.10. The first-order valence-corrected chi connectivity index (χ1v) is 14.1. The van der Waals surface area contributed by atoms with Gasteiger partial charge in [-0.3, -0.25) is 0 Å². The van der Waals surface area contributed by atoms with Gasteiger partial charge in [0.1, 0.15) is 0 Å². The predicted molar refractivity (Wildman–Crippen MR) is 158 cm³/mol. The van der Waals surface area contributed by atoms with Crippen molar-refractivity contribution in [2.75, 3.05) is 36.7 Å². The lowest BCUT2D eigenvalue weighted by Gasteiger charge is -2.34. The van der Waals surface area contributed by atoms with E-state index in [1.54, 1.807) is 0 Å². The minimum Gasteiger partial charge on any atom is -0.348 e. The normalized spacial score (nSPS) is 27.7. The lowest BCUT2D eigenvalue weighted by molar-refractivity contribution is 0.231. The Morgan fingerprint density at radius 1 is 0.513 bits per heavy atom. The minimum atomic E-state index is -0.273. The summed E-state index contributed by atoms with van der Waals surface area (Å²) in [4.78, 5) is 4.50. The minimum absolute atomic E-state index is 0.104. The molecule has 206 valence electrons. The van der Waals surface area contributed by atoms with Crippen molar-refractivity contribution in [1.29, 1.82) is 0 Å². The SMILES string of the molecule is CN(c1ccc(C(C)(C)c2ccc(C(C)(C)c3ccc(N(C4(C)CO4)C4(C)CO4)cc3)cc2)cc1)C1(C)CO1. The molecule has 0 N–H and O–H groups in total. The number of rotatable bonds is 9. The van der Waals surface area contributed by atoms with Gasteiger partial charge in [-0.25, -0.2) is 0 Å². The summed E-state index contributed by atoms with van der Waals surface area (Å²) in [6, 6.07) is 27.0. The van der Waals surface area contributed by atoms with E-state index in [1.807, 2.05) is 0 Å². The van der Waals surface area contributed by atoms with Crippen LogP contribution in [0.2, 0.25) is 0 Å². The monoisotopic (exact) mass is 526 g/mol. The zero-order valence-corrected chi connectivity index (χ0v) is 24.7. The third-order valence-electron chi connectivity index (χ3n) is 9.49. The van der Waals surface area contributed by atoms with Gasteiger partial charge in [0.25, 0.3) is 0 Å². The Morgan fingerprint density at radius 3 is 1.10 bits per heavy atom. The van der Waals surface area contributed by atoms with Gasteiger partial charge < -0.3 is 24.0 Å². The molecule has 3 aromatic carbocycles. The molecule has 3 aliphatic heterocycles. The molecule has 39 heavy (non-hydrogen) atoms. The second-order valence-electron chi connectivity index (χ2n) is 13.2. The van der Waals surface area contributed by atoms with Crippen LogP contribution in [0.5, 0.6) is 0 Å². The van der Waals surface area contributed by atoms with Gasteiger partial charge in [-0.15, -0.1) is 0 Å². The molecule has 0 aliphatic carbocycles. The fourth-order valence-electron chi connectivity index (χ4n) is 5.85. The van der Waals surface area contributed by atoms with Crippen LogP contribution < -0.4 is 9.80 Å². The smallest absolute Gasteiger partial charge is 0.164 e. The van der Waals surface area contributed by atoms with Crippen LogP contribution in [0.3, 0.4) is 0 Å². The van der Waals surface area contributed by atoms with Crippen LogP contribution in [-0.4, -0.2) is 44.0 Å². The van der Waals surface area contributed by atoms with Gasteiger partial charge in [-0.1, -0.05) is 76.2 Å². The van der Waals surface area contributed by atoms with E-state index in [9.17, 15) is 0 Å². The Hall–Kier alpha value is -2.86. The summed E-state index contributed by atoms with van der Waals surface area (Å²) in [6.07, 6.45) is 0. The fraction of sp³-hybridized carbons (Fsp3) is 0.471. The largest absolute Gasteiger partial charge is 0.348 e. The Bertz CT molecular complexity index is 1330. The van der Waals surface area contributed by atoms with Gasteiger partial charge in [0.2, 0.25) is 0 Å². The highest BCUT2D eigenvalue weighted by atomic mass is 16.7. The zero-order chi connectivity index (χ0) is 27.8. The van der Waals surface area contributed by atoms with E-state index >= 15 is 0 Å². The van der Waals surface area contributed by atoms with E-state index in [0.29, 0.717) is 0 Å². The Morgan fingerprint density at radius 2 is 0.795 bits per heavy atom. The van der Waals surface area contributed by atoms with Crippen LogP contribution in [0.15, 0.2) is 72.8 Å². The number of benzene rings is 3. The molecule has 0 saturated carbocycles. The van der Waals surface area contributed by atoms with Crippen molar-refractivity contribution in [3.63, 3.8) is 0 Å². The molecule has 0 bridgehead atoms. The quantitative estimate of drug-likeness (QED) is 0.286. The Balaban J connectivity index is 1.20. The maximum Gasteiger partial charge on any atom is 0.164 e. The van der Waals surface area contributed by atoms with Crippen LogP contribution in [0, 0.1) is 0 Å². The summed E-state index contributed by atoms with van der Waals surface area (Å²) in [6.45, 7) is 17.9. The van der Waals surface area contributed by atoms with Gasteiger partial charge in [-0.2, -0.15) is 0 Å². The van der Waals surface area contributed by atoms with Crippen molar-refractivity contribution in [2.24, 2.45) is 0 Å². The molecule has 0 aromatic heterocycles. The molecular weight excluding hydrogens is 484 g/mol. The number of ether oxygens (including phenoxy) is 3. The molecule has 3 heterocycles. The van der Waals surface area contributed by atoms with Crippen LogP contribution >= 0.6 is 0 Å². The molecule has 3 atom stereocenters. The Kier molecular flexibility index (Phi) is 5.79. The number of epoxide rings is 3.